The minimum atomic E-state index is 0.0656. The summed E-state index contributed by atoms with van der Waals surface area (Å²) in [5, 5.41) is 6.88. The van der Waals surface area contributed by atoms with Crippen molar-refractivity contribution in [2.24, 2.45) is 10.9 Å². The van der Waals surface area contributed by atoms with Crippen molar-refractivity contribution in [2.75, 3.05) is 53.0 Å². The molecule has 1 heterocycles. The van der Waals surface area contributed by atoms with Crippen LogP contribution < -0.4 is 20.1 Å². The number of guanidine groups is 1. The maximum atomic E-state index is 5.94. The van der Waals surface area contributed by atoms with Gasteiger partial charge >= 0.3 is 0 Å². The first-order chi connectivity index (χ1) is 14.5. The number of benzene rings is 1. The number of nitrogens with zero attached hydrogens (tertiary/aromatic N) is 2. The molecule has 1 aromatic carbocycles. The van der Waals surface area contributed by atoms with E-state index in [9.17, 15) is 0 Å². The van der Waals surface area contributed by atoms with Gasteiger partial charge in [-0.2, -0.15) is 0 Å². The molecule has 7 heteroatoms. The Balaban J connectivity index is 1.91. The molecule has 0 amide bonds. The first-order valence-electron chi connectivity index (χ1n) is 11.2. The number of nitrogens with one attached hydrogen (secondary N) is 2. The molecule has 0 aromatic heterocycles. The summed E-state index contributed by atoms with van der Waals surface area (Å²) in [7, 11) is 1.79. The first-order valence-corrected chi connectivity index (χ1v) is 11.2. The average molecular weight is 421 g/mol. The molecule has 2 atom stereocenters. The highest BCUT2D eigenvalue weighted by atomic mass is 16.5. The summed E-state index contributed by atoms with van der Waals surface area (Å²) in [5.41, 5.74) is 1.11. The predicted octanol–water partition coefficient (Wildman–Crippen LogP) is 3.07. The van der Waals surface area contributed by atoms with Gasteiger partial charge in [-0.1, -0.05) is 19.9 Å². The standard InChI is InChI=1S/C23H40N4O3/c1-7-28-21-10-9-19(13-22(21)29-8-2)18(5)26-23(24-6)25-14-20-16-27(11-12-30-20)15-17(3)4/h9-10,13,17-18,20H,7-8,11-12,14-16H2,1-6H3,(H2,24,25,26). The maximum absolute atomic E-state index is 5.94. The maximum Gasteiger partial charge on any atom is 0.191 e. The molecule has 170 valence electrons. The second kappa shape index (κ2) is 12.6. The van der Waals surface area contributed by atoms with Gasteiger partial charge in [0.1, 0.15) is 0 Å². The summed E-state index contributed by atoms with van der Waals surface area (Å²) in [5.74, 6) is 2.98. The molecule has 0 spiro atoms. The average Bonchev–Trinajstić information content (AvgIpc) is 2.72. The summed E-state index contributed by atoms with van der Waals surface area (Å²) < 4.78 is 17.4. The molecule has 1 aliphatic rings. The molecule has 2 rings (SSSR count). The summed E-state index contributed by atoms with van der Waals surface area (Å²) in [6.45, 7) is 16.4. The van der Waals surface area contributed by atoms with Crippen LogP contribution in [-0.4, -0.2) is 70.0 Å². The first kappa shape index (κ1) is 24.3. The van der Waals surface area contributed by atoms with E-state index in [1.807, 2.05) is 26.0 Å². The Morgan fingerprint density at radius 2 is 1.93 bits per heavy atom. The number of aliphatic imine (C=N–C) groups is 1. The van der Waals surface area contributed by atoms with E-state index in [0.29, 0.717) is 19.1 Å². The Kier molecular flexibility index (Phi) is 10.2. The Hall–Kier alpha value is -1.99. The van der Waals surface area contributed by atoms with Gasteiger partial charge in [-0.05, 0) is 44.4 Å². The van der Waals surface area contributed by atoms with Crippen molar-refractivity contribution in [3.8, 4) is 11.5 Å². The normalized spacial score (nSPS) is 18.9. The van der Waals surface area contributed by atoms with E-state index in [4.69, 9.17) is 14.2 Å². The van der Waals surface area contributed by atoms with Crippen molar-refractivity contribution in [2.45, 2.75) is 46.8 Å². The highest BCUT2D eigenvalue weighted by Gasteiger charge is 2.21. The lowest BCUT2D eigenvalue weighted by Crippen LogP contribution is -2.50. The van der Waals surface area contributed by atoms with Crippen molar-refractivity contribution in [1.29, 1.82) is 0 Å². The Bertz CT molecular complexity index is 666. The van der Waals surface area contributed by atoms with E-state index in [1.165, 1.54) is 0 Å². The molecule has 0 saturated carbocycles. The zero-order valence-electron chi connectivity index (χ0n) is 19.5. The minimum Gasteiger partial charge on any atom is -0.490 e. The van der Waals surface area contributed by atoms with E-state index >= 15 is 0 Å². The second-order valence-electron chi connectivity index (χ2n) is 8.04. The van der Waals surface area contributed by atoms with E-state index < -0.39 is 0 Å². The van der Waals surface area contributed by atoms with Gasteiger partial charge in [0.15, 0.2) is 17.5 Å². The molecule has 0 bridgehead atoms. The fourth-order valence-corrected chi connectivity index (χ4v) is 3.62. The lowest BCUT2D eigenvalue weighted by Gasteiger charge is -2.34. The van der Waals surface area contributed by atoms with Gasteiger partial charge in [0, 0.05) is 33.2 Å². The molecular weight excluding hydrogens is 380 g/mol. The summed E-state index contributed by atoms with van der Waals surface area (Å²) in [4.78, 5) is 6.86. The predicted molar refractivity (Wildman–Crippen MR) is 123 cm³/mol. The summed E-state index contributed by atoms with van der Waals surface area (Å²) >= 11 is 0. The van der Waals surface area contributed by atoms with Gasteiger partial charge in [0.2, 0.25) is 0 Å². The van der Waals surface area contributed by atoms with E-state index in [0.717, 1.165) is 55.8 Å². The fraction of sp³-hybridized carbons (Fsp3) is 0.696. The quantitative estimate of drug-likeness (QED) is 0.448. The van der Waals surface area contributed by atoms with Crippen LogP contribution in [0.15, 0.2) is 23.2 Å². The van der Waals surface area contributed by atoms with Gasteiger partial charge in [0.25, 0.3) is 0 Å². The molecule has 30 heavy (non-hydrogen) atoms. The lowest BCUT2D eigenvalue weighted by molar-refractivity contribution is -0.0284. The van der Waals surface area contributed by atoms with Crippen LogP contribution in [0.5, 0.6) is 11.5 Å². The SMILES string of the molecule is CCOc1ccc(C(C)NC(=NC)NCC2CN(CC(C)C)CCO2)cc1OCC. The van der Waals surface area contributed by atoms with Crippen molar-refractivity contribution >= 4 is 5.96 Å². The molecule has 1 aliphatic heterocycles. The van der Waals surface area contributed by atoms with Crippen LogP contribution >= 0.6 is 0 Å². The fourth-order valence-electron chi connectivity index (χ4n) is 3.62. The van der Waals surface area contributed by atoms with Gasteiger partial charge in [-0.15, -0.1) is 0 Å². The Labute approximate surface area is 182 Å². The summed E-state index contributed by atoms with van der Waals surface area (Å²) in [6, 6.07) is 6.13. The van der Waals surface area contributed by atoms with Gasteiger partial charge in [-0.25, -0.2) is 0 Å². The largest absolute Gasteiger partial charge is 0.490 e. The van der Waals surface area contributed by atoms with E-state index in [1.54, 1.807) is 7.05 Å². The molecule has 7 nitrogen and oxygen atoms in total. The minimum absolute atomic E-state index is 0.0656. The van der Waals surface area contributed by atoms with Crippen molar-refractivity contribution < 1.29 is 14.2 Å². The Morgan fingerprint density at radius 1 is 1.20 bits per heavy atom. The van der Waals surface area contributed by atoms with Crippen LogP contribution in [0.2, 0.25) is 0 Å². The highest BCUT2D eigenvalue weighted by Crippen LogP contribution is 2.30. The van der Waals surface area contributed by atoms with Crippen molar-refractivity contribution in [3.05, 3.63) is 23.8 Å². The third kappa shape index (κ3) is 7.69. The van der Waals surface area contributed by atoms with E-state index in [-0.39, 0.29) is 12.1 Å². The molecule has 0 aliphatic carbocycles. The number of rotatable bonds is 10. The third-order valence-corrected chi connectivity index (χ3v) is 4.99. The number of morpholine rings is 1. The van der Waals surface area contributed by atoms with Crippen LogP contribution in [0.25, 0.3) is 0 Å². The van der Waals surface area contributed by atoms with Gasteiger partial charge in [0.05, 0.1) is 32.0 Å². The summed E-state index contributed by atoms with van der Waals surface area (Å²) in [6.07, 6.45) is 0.168. The van der Waals surface area contributed by atoms with Gasteiger partial charge in [-0.3, -0.25) is 9.89 Å². The second-order valence-corrected chi connectivity index (χ2v) is 8.04. The van der Waals surface area contributed by atoms with Crippen LogP contribution in [-0.2, 0) is 4.74 Å². The zero-order valence-corrected chi connectivity index (χ0v) is 19.5. The number of ether oxygens (including phenoxy) is 3. The number of hydrogen-bond donors (Lipinski definition) is 2. The van der Waals surface area contributed by atoms with Crippen LogP contribution in [0, 0.1) is 5.92 Å². The van der Waals surface area contributed by atoms with Crippen molar-refractivity contribution in [1.82, 2.24) is 15.5 Å². The topological polar surface area (TPSA) is 67.4 Å². The molecule has 1 fully saturated rings. The third-order valence-electron chi connectivity index (χ3n) is 4.99. The monoisotopic (exact) mass is 420 g/mol. The smallest absolute Gasteiger partial charge is 0.191 e. The van der Waals surface area contributed by atoms with Crippen LogP contribution in [0.1, 0.15) is 46.2 Å². The highest BCUT2D eigenvalue weighted by molar-refractivity contribution is 5.80. The van der Waals surface area contributed by atoms with Gasteiger partial charge < -0.3 is 24.8 Å². The molecule has 2 N–H and O–H groups in total. The van der Waals surface area contributed by atoms with Crippen molar-refractivity contribution in [3.63, 3.8) is 0 Å². The molecule has 1 aromatic rings. The molecule has 2 unspecified atom stereocenters. The van der Waals surface area contributed by atoms with Crippen LogP contribution in [0.4, 0.5) is 0 Å². The Morgan fingerprint density at radius 3 is 2.60 bits per heavy atom. The molecular formula is C23H40N4O3. The van der Waals surface area contributed by atoms with Crippen LogP contribution in [0.3, 0.4) is 0 Å². The number of hydrogen-bond acceptors (Lipinski definition) is 5. The molecule has 0 radical (unpaired) electrons. The zero-order chi connectivity index (χ0) is 21.9. The molecule has 1 saturated heterocycles. The lowest BCUT2D eigenvalue weighted by atomic mass is 10.1. The van der Waals surface area contributed by atoms with E-state index in [2.05, 4.69) is 47.4 Å².